The lowest BCUT2D eigenvalue weighted by molar-refractivity contribution is -0.138. The van der Waals surface area contributed by atoms with Gasteiger partial charge in [-0.05, 0) is 90.1 Å². The Morgan fingerprint density at radius 3 is 2.63 bits per heavy atom. The predicted octanol–water partition coefficient (Wildman–Crippen LogP) is 3.40. The van der Waals surface area contributed by atoms with Crippen molar-refractivity contribution in [1.29, 1.82) is 0 Å². The highest BCUT2D eigenvalue weighted by Crippen LogP contribution is 2.38. The maximum absolute atomic E-state index is 13.8. The molecule has 3 aliphatic heterocycles. The summed E-state index contributed by atoms with van der Waals surface area (Å²) in [7, 11) is 0. The van der Waals surface area contributed by atoms with Gasteiger partial charge in [-0.1, -0.05) is 6.07 Å². The van der Waals surface area contributed by atoms with Crippen molar-refractivity contribution in [3.63, 3.8) is 0 Å². The van der Waals surface area contributed by atoms with Crippen LogP contribution in [0.2, 0.25) is 0 Å². The zero-order valence-corrected chi connectivity index (χ0v) is 17.4. The smallest absolute Gasteiger partial charge is 0.262 e. The van der Waals surface area contributed by atoms with Gasteiger partial charge in [0.05, 0.1) is 8.66 Å². The quantitative estimate of drug-likeness (QED) is 0.747. The highest BCUT2D eigenvalue weighted by molar-refractivity contribution is 9.11. The second-order valence-corrected chi connectivity index (χ2v) is 9.96. The van der Waals surface area contributed by atoms with E-state index in [1.807, 2.05) is 6.07 Å². The number of hydrogen-bond donors (Lipinski definition) is 2. The first-order valence-electron chi connectivity index (χ1n) is 9.16. The van der Waals surface area contributed by atoms with Gasteiger partial charge >= 0.3 is 0 Å². The Kier molecular flexibility index (Phi) is 5.14. The maximum atomic E-state index is 13.8. The maximum Gasteiger partial charge on any atom is 0.262 e. The standard InChI is InChI=1S/C20H22BrFN2O2S/c1-12-10-14(2-3-15(12)22)20(26,17-4-5-18(21)27-17)19(25)23-16-11-24-8-6-13(16)7-9-24/h2-5,10,13,16,26H,6-9,11H2,1H3,(H,23,25)/t16-,20?/m0/s1. The fourth-order valence-corrected chi connectivity index (χ4v) is 5.66. The van der Waals surface area contributed by atoms with E-state index >= 15 is 0 Å². The first kappa shape index (κ1) is 19.1. The molecule has 3 fully saturated rings. The van der Waals surface area contributed by atoms with Gasteiger partial charge in [0.2, 0.25) is 5.60 Å². The second-order valence-electron chi connectivity index (χ2n) is 7.50. The third kappa shape index (κ3) is 3.46. The van der Waals surface area contributed by atoms with Crippen molar-refractivity contribution in [2.45, 2.75) is 31.4 Å². The summed E-state index contributed by atoms with van der Waals surface area (Å²) in [5, 5.41) is 14.7. The number of amides is 1. The summed E-state index contributed by atoms with van der Waals surface area (Å²) in [6, 6.07) is 7.94. The fraction of sp³-hybridized carbons (Fsp3) is 0.450. The average molecular weight is 453 g/mol. The minimum atomic E-state index is -1.85. The molecule has 144 valence electrons. The minimum absolute atomic E-state index is 0.0384. The van der Waals surface area contributed by atoms with Gasteiger partial charge in [-0.3, -0.25) is 4.79 Å². The van der Waals surface area contributed by atoms with Crippen molar-refractivity contribution in [2.24, 2.45) is 5.92 Å². The third-order valence-electron chi connectivity index (χ3n) is 5.81. The number of hydrogen-bond acceptors (Lipinski definition) is 4. The van der Waals surface area contributed by atoms with E-state index in [0.29, 0.717) is 21.9 Å². The molecule has 4 nitrogen and oxygen atoms in total. The van der Waals surface area contributed by atoms with Gasteiger partial charge < -0.3 is 15.3 Å². The van der Waals surface area contributed by atoms with E-state index in [1.54, 1.807) is 19.1 Å². The molecule has 4 heterocycles. The van der Waals surface area contributed by atoms with Gasteiger partial charge in [-0.25, -0.2) is 4.39 Å². The molecule has 1 amide bonds. The first-order valence-corrected chi connectivity index (χ1v) is 10.8. The van der Waals surface area contributed by atoms with Crippen LogP contribution in [-0.2, 0) is 10.4 Å². The van der Waals surface area contributed by atoms with Crippen molar-refractivity contribution in [3.05, 3.63) is 55.9 Å². The lowest BCUT2D eigenvalue weighted by Crippen LogP contribution is -2.60. The van der Waals surface area contributed by atoms with Crippen molar-refractivity contribution < 1.29 is 14.3 Å². The summed E-state index contributed by atoms with van der Waals surface area (Å²) >= 11 is 4.71. The van der Waals surface area contributed by atoms with Crippen LogP contribution in [0.15, 0.2) is 34.1 Å². The van der Waals surface area contributed by atoms with Crippen LogP contribution < -0.4 is 5.32 Å². The molecule has 3 saturated heterocycles. The zero-order chi connectivity index (χ0) is 19.2. The SMILES string of the molecule is Cc1cc(C(O)(C(=O)N[C@H]2CN3CCC2CC3)c2ccc(Br)s2)ccc1F. The predicted molar refractivity (Wildman–Crippen MR) is 107 cm³/mol. The van der Waals surface area contributed by atoms with Crippen LogP contribution in [0.5, 0.6) is 0 Å². The Labute approximate surface area is 170 Å². The molecule has 27 heavy (non-hydrogen) atoms. The Bertz CT molecular complexity index is 865. The van der Waals surface area contributed by atoms with Crippen molar-refractivity contribution in [3.8, 4) is 0 Å². The summed E-state index contributed by atoms with van der Waals surface area (Å²) in [4.78, 5) is 16.2. The molecule has 1 unspecified atom stereocenters. The zero-order valence-electron chi connectivity index (χ0n) is 15.0. The molecular weight excluding hydrogens is 431 g/mol. The molecule has 2 N–H and O–H groups in total. The van der Waals surface area contributed by atoms with Gasteiger partial charge in [-0.2, -0.15) is 0 Å². The van der Waals surface area contributed by atoms with Crippen LogP contribution in [0.3, 0.4) is 0 Å². The summed E-state index contributed by atoms with van der Waals surface area (Å²) in [6.07, 6.45) is 2.15. The molecule has 2 atom stereocenters. The topological polar surface area (TPSA) is 52.6 Å². The van der Waals surface area contributed by atoms with E-state index in [9.17, 15) is 14.3 Å². The van der Waals surface area contributed by atoms with Crippen LogP contribution in [0.1, 0.15) is 28.8 Å². The number of nitrogens with zero attached hydrogens (tertiary/aromatic N) is 1. The van der Waals surface area contributed by atoms with Gasteiger partial charge in [0.1, 0.15) is 5.82 Å². The summed E-state index contributed by atoms with van der Waals surface area (Å²) in [5.41, 5.74) is -1.06. The number of carbonyl (C=O) groups excluding carboxylic acids is 1. The summed E-state index contributed by atoms with van der Waals surface area (Å²) in [6.45, 7) is 4.62. The summed E-state index contributed by atoms with van der Waals surface area (Å²) in [5.74, 6) is -0.346. The van der Waals surface area contributed by atoms with Gasteiger partial charge in [-0.15, -0.1) is 11.3 Å². The normalized spacial score (nSPS) is 26.6. The first-order chi connectivity index (χ1) is 12.9. The van der Waals surface area contributed by atoms with Crippen LogP contribution in [-0.4, -0.2) is 41.6 Å². The van der Waals surface area contributed by atoms with Crippen LogP contribution >= 0.6 is 27.3 Å². The molecular formula is C20H22BrFN2O2S. The second kappa shape index (κ2) is 7.28. The molecule has 5 rings (SSSR count). The highest BCUT2D eigenvalue weighted by atomic mass is 79.9. The van der Waals surface area contributed by atoms with Gasteiger partial charge in [0.15, 0.2) is 0 Å². The molecule has 3 aliphatic rings. The Morgan fingerprint density at radius 2 is 2.07 bits per heavy atom. The Morgan fingerprint density at radius 1 is 1.33 bits per heavy atom. The molecule has 1 aromatic carbocycles. The van der Waals surface area contributed by atoms with Gasteiger partial charge in [0, 0.05) is 12.6 Å². The monoisotopic (exact) mass is 452 g/mol. The Balaban J connectivity index is 1.69. The number of piperidine rings is 3. The van der Waals surface area contributed by atoms with Crippen molar-refractivity contribution in [1.82, 2.24) is 10.2 Å². The highest BCUT2D eigenvalue weighted by Gasteiger charge is 2.44. The molecule has 7 heteroatoms. The number of aryl methyl sites for hydroxylation is 1. The molecule has 0 radical (unpaired) electrons. The van der Waals surface area contributed by atoms with E-state index in [4.69, 9.17) is 0 Å². The number of halogens is 2. The Hall–Kier alpha value is -1.28. The molecule has 0 aliphatic carbocycles. The average Bonchev–Trinajstić information content (AvgIpc) is 3.11. The molecule has 2 aromatic rings. The lowest BCUT2D eigenvalue weighted by Gasteiger charge is -2.45. The summed E-state index contributed by atoms with van der Waals surface area (Å²) < 4.78 is 14.6. The number of benzene rings is 1. The van der Waals surface area contributed by atoms with Crippen molar-refractivity contribution >= 4 is 33.2 Å². The van der Waals surface area contributed by atoms with Crippen LogP contribution in [0.4, 0.5) is 4.39 Å². The van der Waals surface area contributed by atoms with E-state index < -0.39 is 11.5 Å². The lowest BCUT2D eigenvalue weighted by atomic mass is 9.83. The van der Waals surface area contributed by atoms with Crippen molar-refractivity contribution in [2.75, 3.05) is 19.6 Å². The number of thiophene rings is 1. The largest absolute Gasteiger partial charge is 0.371 e. The molecule has 0 saturated carbocycles. The number of aliphatic hydroxyl groups is 1. The molecule has 0 spiro atoms. The fourth-order valence-electron chi connectivity index (χ4n) is 4.17. The number of fused-ring (bicyclic) bond motifs is 3. The number of carbonyl (C=O) groups is 1. The third-order valence-corrected chi connectivity index (χ3v) is 7.54. The van der Waals surface area contributed by atoms with E-state index in [-0.39, 0.29) is 11.9 Å². The number of rotatable bonds is 4. The van der Waals surface area contributed by atoms with E-state index in [0.717, 1.165) is 36.3 Å². The van der Waals surface area contributed by atoms with E-state index in [2.05, 4.69) is 26.1 Å². The van der Waals surface area contributed by atoms with Crippen LogP contribution in [0.25, 0.3) is 0 Å². The molecule has 1 aromatic heterocycles. The van der Waals surface area contributed by atoms with Crippen LogP contribution in [0, 0.1) is 18.7 Å². The molecule has 2 bridgehead atoms. The minimum Gasteiger partial charge on any atom is -0.371 e. The van der Waals surface area contributed by atoms with E-state index in [1.165, 1.54) is 23.5 Å². The van der Waals surface area contributed by atoms with Gasteiger partial charge in [0.25, 0.3) is 5.91 Å². The number of nitrogens with one attached hydrogen (secondary N) is 1.